The number of carbonyl (C=O) groups is 3. The zero-order chi connectivity index (χ0) is 15.7. The number of barbiturate groups is 1. The summed E-state index contributed by atoms with van der Waals surface area (Å²) in [6.07, 6.45) is 0. The zero-order valence-electron chi connectivity index (χ0n) is 12.1. The summed E-state index contributed by atoms with van der Waals surface area (Å²) in [6.45, 7) is 5.31. The maximum Gasteiger partial charge on any atom is 0.331 e. The Balaban J connectivity index is 2.32. The fraction of sp³-hybridized carbons (Fsp3) is 0.400. The molecular weight excluding hydrogens is 292 g/mol. The third-order valence-corrected chi connectivity index (χ3v) is 3.89. The van der Waals surface area contributed by atoms with Crippen LogP contribution in [0.3, 0.4) is 0 Å². The van der Waals surface area contributed by atoms with Crippen LogP contribution in [0.5, 0.6) is 0 Å². The van der Waals surface area contributed by atoms with Gasteiger partial charge in [0.05, 0.1) is 6.04 Å². The van der Waals surface area contributed by atoms with E-state index in [4.69, 9.17) is 11.6 Å². The average molecular weight is 309 g/mol. The monoisotopic (exact) mass is 308 g/mol. The molecule has 1 aromatic carbocycles. The number of halogens is 1. The van der Waals surface area contributed by atoms with Crippen LogP contribution in [0.1, 0.15) is 32.4 Å². The van der Waals surface area contributed by atoms with E-state index < -0.39 is 29.8 Å². The predicted molar refractivity (Wildman–Crippen MR) is 78.6 cm³/mol. The first-order valence-corrected chi connectivity index (χ1v) is 7.14. The first kappa shape index (κ1) is 15.5. The average Bonchev–Trinajstić information content (AvgIpc) is 2.38. The normalized spacial score (nSPS) is 20.7. The standard InChI is InChI=1S/C15H17ClN2O3/c1-8(2)12-13(19)17-15(21)18(14(12)20)9(3)10-4-6-11(16)7-5-10/h4-9,12H,1-3H3,(H,17,19,21). The molecule has 1 aromatic rings. The van der Waals surface area contributed by atoms with Crippen LogP contribution < -0.4 is 5.32 Å². The lowest BCUT2D eigenvalue weighted by Gasteiger charge is -2.35. The molecule has 0 aliphatic carbocycles. The second-order valence-corrected chi connectivity index (χ2v) is 5.89. The van der Waals surface area contributed by atoms with Crippen molar-refractivity contribution >= 4 is 29.4 Å². The fourth-order valence-corrected chi connectivity index (χ4v) is 2.58. The summed E-state index contributed by atoms with van der Waals surface area (Å²) in [5.41, 5.74) is 0.778. The lowest BCUT2D eigenvalue weighted by atomic mass is 9.91. The van der Waals surface area contributed by atoms with E-state index in [1.807, 2.05) is 0 Å². The second kappa shape index (κ2) is 5.85. The third kappa shape index (κ3) is 2.93. The van der Waals surface area contributed by atoms with Crippen LogP contribution in [0, 0.1) is 11.8 Å². The molecule has 0 spiro atoms. The molecule has 0 radical (unpaired) electrons. The lowest BCUT2D eigenvalue weighted by Crippen LogP contribution is -2.59. The molecule has 1 aliphatic heterocycles. The van der Waals surface area contributed by atoms with Gasteiger partial charge in [0.2, 0.25) is 11.8 Å². The van der Waals surface area contributed by atoms with Gasteiger partial charge in [-0.05, 0) is 30.5 Å². The molecule has 5 nitrogen and oxygen atoms in total. The largest absolute Gasteiger partial charge is 0.331 e. The van der Waals surface area contributed by atoms with Gasteiger partial charge in [0.15, 0.2) is 0 Å². The summed E-state index contributed by atoms with van der Waals surface area (Å²) in [5.74, 6) is -2.00. The number of hydrogen-bond acceptors (Lipinski definition) is 3. The molecule has 21 heavy (non-hydrogen) atoms. The van der Waals surface area contributed by atoms with E-state index in [0.717, 1.165) is 10.5 Å². The van der Waals surface area contributed by atoms with Gasteiger partial charge in [-0.15, -0.1) is 0 Å². The topological polar surface area (TPSA) is 66.5 Å². The molecule has 1 N–H and O–H groups in total. The van der Waals surface area contributed by atoms with Crippen molar-refractivity contribution in [3.05, 3.63) is 34.9 Å². The quantitative estimate of drug-likeness (QED) is 0.873. The molecule has 1 fully saturated rings. The summed E-state index contributed by atoms with van der Waals surface area (Å²) in [4.78, 5) is 37.4. The van der Waals surface area contributed by atoms with E-state index in [9.17, 15) is 14.4 Å². The summed E-state index contributed by atoms with van der Waals surface area (Å²) >= 11 is 5.84. The van der Waals surface area contributed by atoms with Crippen molar-refractivity contribution in [3.8, 4) is 0 Å². The van der Waals surface area contributed by atoms with Crippen molar-refractivity contribution in [2.24, 2.45) is 11.8 Å². The number of nitrogens with one attached hydrogen (secondary N) is 1. The number of rotatable bonds is 3. The Morgan fingerprint density at radius 3 is 2.19 bits per heavy atom. The van der Waals surface area contributed by atoms with Gasteiger partial charge in [0.25, 0.3) is 0 Å². The molecule has 6 heteroatoms. The Labute approximate surface area is 128 Å². The van der Waals surface area contributed by atoms with Crippen LogP contribution in [0.2, 0.25) is 5.02 Å². The smallest absolute Gasteiger partial charge is 0.277 e. The zero-order valence-corrected chi connectivity index (χ0v) is 12.8. The maximum atomic E-state index is 12.5. The SMILES string of the molecule is CC(C)C1C(=O)NC(=O)N(C(C)c2ccc(Cl)cc2)C1=O. The molecule has 2 atom stereocenters. The van der Waals surface area contributed by atoms with Crippen molar-refractivity contribution in [3.63, 3.8) is 0 Å². The minimum atomic E-state index is -0.836. The molecule has 1 heterocycles. The highest BCUT2D eigenvalue weighted by Gasteiger charge is 2.44. The molecule has 0 saturated carbocycles. The summed E-state index contributed by atoms with van der Waals surface area (Å²) in [5, 5.41) is 2.83. The number of imide groups is 2. The first-order chi connectivity index (χ1) is 9.82. The Morgan fingerprint density at radius 2 is 1.67 bits per heavy atom. The number of benzene rings is 1. The Morgan fingerprint density at radius 1 is 1.10 bits per heavy atom. The highest BCUT2D eigenvalue weighted by Crippen LogP contribution is 2.28. The molecule has 2 rings (SSSR count). The first-order valence-electron chi connectivity index (χ1n) is 6.76. The van der Waals surface area contributed by atoms with Crippen LogP contribution in [0.15, 0.2) is 24.3 Å². The van der Waals surface area contributed by atoms with Gasteiger partial charge in [-0.3, -0.25) is 19.8 Å². The van der Waals surface area contributed by atoms with Crippen molar-refractivity contribution in [1.82, 2.24) is 10.2 Å². The summed E-state index contributed by atoms with van der Waals surface area (Å²) < 4.78 is 0. The fourth-order valence-electron chi connectivity index (χ4n) is 2.45. The van der Waals surface area contributed by atoms with Gasteiger partial charge >= 0.3 is 6.03 Å². The van der Waals surface area contributed by atoms with E-state index in [0.29, 0.717) is 5.02 Å². The second-order valence-electron chi connectivity index (χ2n) is 5.45. The van der Waals surface area contributed by atoms with Crippen molar-refractivity contribution in [1.29, 1.82) is 0 Å². The minimum Gasteiger partial charge on any atom is -0.277 e. The Bertz CT molecular complexity index is 583. The number of nitrogens with zero attached hydrogens (tertiary/aromatic N) is 1. The lowest BCUT2D eigenvalue weighted by molar-refractivity contribution is -0.145. The minimum absolute atomic E-state index is 0.175. The molecule has 4 amide bonds. The van der Waals surface area contributed by atoms with E-state index in [1.54, 1.807) is 45.0 Å². The molecule has 2 unspecified atom stereocenters. The van der Waals surface area contributed by atoms with Gasteiger partial charge in [0.1, 0.15) is 5.92 Å². The Kier molecular flexibility index (Phi) is 4.32. The number of amides is 4. The van der Waals surface area contributed by atoms with Crippen LogP contribution in [0.25, 0.3) is 0 Å². The molecular formula is C15H17ClN2O3. The molecule has 112 valence electrons. The highest BCUT2D eigenvalue weighted by atomic mass is 35.5. The van der Waals surface area contributed by atoms with Crippen LogP contribution in [0.4, 0.5) is 4.79 Å². The van der Waals surface area contributed by atoms with Gasteiger partial charge in [-0.25, -0.2) is 4.79 Å². The predicted octanol–water partition coefficient (Wildman–Crippen LogP) is 2.75. The molecule has 1 saturated heterocycles. The maximum absolute atomic E-state index is 12.5. The van der Waals surface area contributed by atoms with Crippen molar-refractivity contribution in [2.75, 3.05) is 0 Å². The molecule has 1 aliphatic rings. The number of carbonyl (C=O) groups excluding carboxylic acids is 3. The molecule has 0 aromatic heterocycles. The van der Waals surface area contributed by atoms with Crippen LogP contribution in [-0.4, -0.2) is 22.7 Å². The van der Waals surface area contributed by atoms with E-state index >= 15 is 0 Å². The molecule has 0 bridgehead atoms. The van der Waals surface area contributed by atoms with Gasteiger partial charge < -0.3 is 0 Å². The highest BCUT2D eigenvalue weighted by molar-refractivity contribution is 6.30. The third-order valence-electron chi connectivity index (χ3n) is 3.64. The Hall–Kier alpha value is -1.88. The van der Waals surface area contributed by atoms with Crippen molar-refractivity contribution < 1.29 is 14.4 Å². The number of urea groups is 1. The van der Waals surface area contributed by atoms with E-state index in [-0.39, 0.29) is 5.92 Å². The van der Waals surface area contributed by atoms with Gasteiger partial charge in [-0.2, -0.15) is 0 Å². The van der Waals surface area contributed by atoms with Gasteiger partial charge in [0, 0.05) is 5.02 Å². The van der Waals surface area contributed by atoms with E-state index in [1.165, 1.54) is 0 Å². The van der Waals surface area contributed by atoms with E-state index in [2.05, 4.69) is 5.32 Å². The summed E-state index contributed by atoms with van der Waals surface area (Å²) in [6, 6.07) is 5.77. The number of hydrogen-bond donors (Lipinski definition) is 1. The van der Waals surface area contributed by atoms with Gasteiger partial charge in [-0.1, -0.05) is 37.6 Å². The summed E-state index contributed by atoms with van der Waals surface area (Å²) in [7, 11) is 0. The van der Waals surface area contributed by atoms with Crippen LogP contribution >= 0.6 is 11.6 Å². The van der Waals surface area contributed by atoms with Crippen LogP contribution in [-0.2, 0) is 9.59 Å². The van der Waals surface area contributed by atoms with Crippen molar-refractivity contribution in [2.45, 2.75) is 26.8 Å².